The van der Waals surface area contributed by atoms with Crippen LogP contribution in [-0.4, -0.2) is 123 Å². The molecule has 0 bridgehead atoms. The molecule has 0 aliphatic rings. The third-order valence-electron chi connectivity index (χ3n) is 3.74. The quantitative estimate of drug-likeness (QED) is 0.155. The predicted octanol–water partition coefficient (Wildman–Crippen LogP) is -3.74. The smallest absolute Gasteiger partial charge is 0.388 e. The SMILES string of the molecule is CO[Si][Si](=O)[Si](=O)[Si](=O)[Si](=O)[Si](=O)[Si](=O)[Si](=O)[SiH](C)O[Si][Si](=O)[Si](=O)[Si](C)(O)CCC(F)(F)F. The molecule has 2 unspecified atom stereocenters. The van der Waals surface area contributed by atoms with Crippen LogP contribution in [-0.2, 0) is 48.7 Å². The van der Waals surface area contributed by atoms with Gasteiger partial charge in [-0.1, -0.05) is 0 Å². The highest BCUT2D eigenvalue weighted by Crippen LogP contribution is 2.25. The lowest BCUT2D eigenvalue weighted by Gasteiger charge is -2.17. The van der Waals surface area contributed by atoms with Crippen LogP contribution < -0.4 is 0 Å². The molecule has 2 atom stereocenters. The van der Waals surface area contributed by atoms with Crippen molar-refractivity contribution in [3.63, 3.8) is 0 Å². The van der Waals surface area contributed by atoms with Gasteiger partial charge in [-0.05, 0) is 19.1 Å². The maximum absolute atomic E-state index is 12.4. The molecule has 28 heteroatoms. The fourth-order valence-corrected chi connectivity index (χ4v) is 108. The summed E-state index contributed by atoms with van der Waals surface area (Å²) in [5.74, 6) is 0. The summed E-state index contributed by atoms with van der Waals surface area (Å²) < 4.78 is 156. The van der Waals surface area contributed by atoms with Crippen LogP contribution in [0.2, 0.25) is 19.1 Å². The second-order valence-electron chi connectivity index (χ2n) is 6.55. The van der Waals surface area contributed by atoms with Crippen molar-refractivity contribution in [3.05, 3.63) is 0 Å². The third kappa shape index (κ3) is 11.4. The fourth-order valence-electron chi connectivity index (χ4n) is 1.83. The van der Waals surface area contributed by atoms with Crippen molar-refractivity contribution in [1.29, 1.82) is 0 Å². The van der Waals surface area contributed by atoms with Crippen molar-refractivity contribution >= 4 is 104 Å². The zero-order valence-electron chi connectivity index (χ0n) is 17.6. The van der Waals surface area contributed by atoms with Gasteiger partial charge in [0.2, 0.25) is 16.4 Å². The summed E-state index contributed by atoms with van der Waals surface area (Å²) in [5, 5.41) is 0. The first kappa shape index (κ1) is 34.7. The Labute approximate surface area is 209 Å². The van der Waals surface area contributed by atoms with Crippen molar-refractivity contribution in [3.8, 4) is 0 Å². The Balaban J connectivity index is 5.04. The van der Waals surface area contributed by atoms with Crippen LogP contribution in [0.15, 0.2) is 0 Å². The molecule has 0 spiro atoms. The van der Waals surface area contributed by atoms with Gasteiger partial charge in [-0.25, -0.2) is 0 Å². The summed E-state index contributed by atoms with van der Waals surface area (Å²) in [7, 11) is -38.5. The maximum atomic E-state index is 12.4. The summed E-state index contributed by atoms with van der Waals surface area (Å²) in [4.78, 5) is 10.1. The molecule has 0 heterocycles. The van der Waals surface area contributed by atoms with Crippen molar-refractivity contribution in [2.24, 2.45) is 0 Å². The lowest BCUT2D eigenvalue weighted by atomic mass is 10.5. The molecule has 0 saturated heterocycles. The van der Waals surface area contributed by atoms with E-state index in [9.17, 15) is 58.1 Å². The Morgan fingerprint density at radius 1 is 0.853 bits per heavy atom. The van der Waals surface area contributed by atoms with Gasteiger partial charge in [-0.15, -0.1) is 0 Å². The minimum atomic E-state index is -4.60. The van der Waals surface area contributed by atoms with Crippen molar-refractivity contribution in [1.82, 2.24) is 0 Å². The minimum absolute atomic E-state index is 0.745. The summed E-state index contributed by atoms with van der Waals surface area (Å²) in [6.45, 7) is 2.19. The molecule has 12 nitrogen and oxygen atoms in total. The Morgan fingerprint density at radius 2 is 1.32 bits per heavy atom. The molecule has 4 radical (unpaired) electrons. The standard InChI is InChI=1S/C6H15F3O12Si13/c1-20-22-25(10)28(13)30(15)32(17)31(16)29(14)27(12)24(2)21-23-26(11)33(18)34(3,19)5-4-6(7,8)9/h19,24H,4-5H2,1-3H3. The number of alkyl halides is 3. The van der Waals surface area contributed by atoms with E-state index in [1.165, 1.54) is 6.55 Å². The van der Waals surface area contributed by atoms with Crippen LogP contribution in [0.3, 0.4) is 0 Å². The van der Waals surface area contributed by atoms with E-state index in [0.717, 1.165) is 13.7 Å². The Bertz CT molecular complexity index is 946. The third-order valence-corrected chi connectivity index (χ3v) is 86.1. The predicted molar refractivity (Wildman–Crippen MR) is 120 cm³/mol. The maximum Gasteiger partial charge on any atom is 0.388 e. The first-order valence-corrected chi connectivity index (χ1v) is 39.3. The van der Waals surface area contributed by atoms with Gasteiger partial charge in [0, 0.05) is 13.5 Å². The second kappa shape index (κ2) is 15.2. The first-order chi connectivity index (χ1) is 15.4. The van der Waals surface area contributed by atoms with Crippen LogP contribution >= 0.6 is 0 Å². The largest absolute Gasteiger partial charge is 0.453 e. The monoisotopic (exact) mass is 700 g/mol. The Hall–Kier alpha value is 0.689. The molecule has 34 heavy (non-hydrogen) atoms. The number of rotatable bonds is 16. The van der Waals surface area contributed by atoms with E-state index in [4.69, 9.17) is 4.12 Å². The number of hydrogen-bond acceptors (Lipinski definition) is 12. The first-order valence-electron chi connectivity index (χ1n) is 8.75. The van der Waals surface area contributed by atoms with Gasteiger partial charge in [0.05, 0.1) is 0 Å². The summed E-state index contributed by atoms with van der Waals surface area (Å²) in [6.07, 6.45) is -5.99. The van der Waals surface area contributed by atoms with E-state index in [1.54, 1.807) is 0 Å². The van der Waals surface area contributed by atoms with E-state index in [0.29, 0.717) is 0 Å². The second-order valence-corrected chi connectivity index (χ2v) is 64.1. The highest BCUT2D eigenvalue weighted by molar-refractivity contribution is 7.74. The molecule has 0 fully saturated rings. The van der Waals surface area contributed by atoms with Gasteiger partial charge in [-0.3, -0.25) is 0 Å². The topological polar surface area (TPSA) is 192 Å². The van der Waals surface area contributed by atoms with Gasteiger partial charge < -0.3 is 53.5 Å². The van der Waals surface area contributed by atoms with Crippen LogP contribution in [0.4, 0.5) is 13.2 Å². The lowest BCUT2D eigenvalue weighted by molar-refractivity contribution is -0.131. The van der Waals surface area contributed by atoms with Crippen LogP contribution in [0.1, 0.15) is 6.42 Å². The van der Waals surface area contributed by atoms with Crippen molar-refractivity contribution in [2.45, 2.75) is 31.7 Å². The van der Waals surface area contributed by atoms with E-state index >= 15 is 0 Å². The molecule has 1 N–H and O–H groups in total. The molecular weight excluding hydrogens is 686 g/mol. The van der Waals surface area contributed by atoms with Gasteiger partial charge in [0.1, 0.15) is 0 Å². The minimum Gasteiger partial charge on any atom is -0.453 e. The average Bonchev–Trinajstić information content (AvgIpc) is 2.76. The van der Waals surface area contributed by atoms with Gasteiger partial charge in [0.15, 0.2) is 0 Å². The molecule has 0 aromatic carbocycles. The molecule has 0 amide bonds. The Kier molecular flexibility index (Phi) is 15.5. The average molecular weight is 701 g/mol. The highest BCUT2D eigenvalue weighted by Gasteiger charge is 2.49. The number of halogens is 3. The van der Waals surface area contributed by atoms with E-state index in [2.05, 4.69) is 4.43 Å². The molecular formula is C6H15F3O12Si13. The number of hydrogen-bond donors (Lipinski definition) is 1. The molecule has 0 saturated carbocycles. The molecule has 0 rings (SSSR count). The molecule has 184 valence electrons. The molecule has 0 aromatic rings. The Morgan fingerprint density at radius 3 is 1.79 bits per heavy atom. The highest BCUT2D eigenvalue weighted by atomic mass is 30.0. The summed E-state index contributed by atoms with van der Waals surface area (Å²) in [6, 6.07) is -0.817. The van der Waals surface area contributed by atoms with Crippen molar-refractivity contribution in [2.75, 3.05) is 7.11 Å². The van der Waals surface area contributed by atoms with Crippen LogP contribution in [0, 0.1) is 0 Å². The van der Waals surface area contributed by atoms with Gasteiger partial charge >= 0.3 is 75.6 Å². The van der Waals surface area contributed by atoms with Gasteiger partial charge in [0.25, 0.3) is 18.6 Å². The van der Waals surface area contributed by atoms with Crippen LogP contribution in [0.25, 0.3) is 0 Å². The summed E-state index contributed by atoms with van der Waals surface area (Å²) in [5.41, 5.74) is 0. The zero-order valence-corrected chi connectivity index (χ0v) is 30.7. The van der Waals surface area contributed by atoms with Crippen LogP contribution in [0.5, 0.6) is 0 Å². The normalized spacial score (nSPS) is 13.9. The van der Waals surface area contributed by atoms with E-state index in [1.807, 2.05) is 0 Å². The zero-order chi connectivity index (χ0) is 27.0. The van der Waals surface area contributed by atoms with E-state index < -0.39 is 123 Å². The lowest BCUT2D eigenvalue weighted by Crippen LogP contribution is -2.54. The van der Waals surface area contributed by atoms with Gasteiger partial charge in [-0.2, -0.15) is 13.2 Å². The molecule has 0 aliphatic carbocycles. The van der Waals surface area contributed by atoms with E-state index in [-0.39, 0.29) is 0 Å². The molecule has 0 aliphatic heterocycles. The molecule has 0 aromatic heterocycles. The summed E-state index contributed by atoms with van der Waals surface area (Å²) >= 11 is 0. The fraction of sp³-hybridized carbons (Fsp3) is 1.00. The van der Waals surface area contributed by atoms with Crippen molar-refractivity contribution < 1.29 is 66.7 Å².